The Labute approximate surface area is 134 Å². The molecule has 2 aromatic carbocycles. The Bertz CT molecular complexity index is 971. The fourth-order valence-electron chi connectivity index (χ4n) is 2.96. The van der Waals surface area contributed by atoms with Gasteiger partial charge in [-0.1, -0.05) is 18.2 Å². The van der Waals surface area contributed by atoms with Gasteiger partial charge in [-0.3, -0.25) is 0 Å². The number of benzene rings is 2. The first-order valence-corrected chi connectivity index (χ1v) is 7.73. The van der Waals surface area contributed by atoms with E-state index in [-0.39, 0.29) is 0 Å². The van der Waals surface area contributed by atoms with Crippen LogP contribution in [0.25, 0.3) is 33.3 Å². The van der Waals surface area contributed by atoms with Gasteiger partial charge >= 0.3 is 0 Å². The summed E-state index contributed by atoms with van der Waals surface area (Å²) in [5.74, 6) is 1.70. The van der Waals surface area contributed by atoms with Gasteiger partial charge in [0.1, 0.15) is 11.6 Å². The zero-order valence-electron chi connectivity index (χ0n) is 13.1. The van der Waals surface area contributed by atoms with Crippen LogP contribution in [0.5, 0.6) is 5.75 Å². The van der Waals surface area contributed by atoms with Crippen LogP contribution in [0, 0.1) is 6.92 Å². The minimum atomic E-state index is 0.634. The Morgan fingerprint density at radius 3 is 2.87 bits per heavy atom. The van der Waals surface area contributed by atoms with E-state index in [9.17, 15) is 0 Å². The van der Waals surface area contributed by atoms with Crippen molar-refractivity contribution in [3.63, 3.8) is 0 Å². The number of hydrogen-bond donors (Lipinski definition) is 1. The van der Waals surface area contributed by atoms with E-state index in [1.165, 1.54) is 5.56 Å². The van der Waals surface area contributed by atoms with E-state index >= 15 is 0 Å². The Morgan fingerprint density at radius 1 is 1.13 bits per heavy atom. The number of fused-ring (bicyclic) bond motifs is 2. The van der Waals surface area contributed by atoms with E-state index in [1.807, 2.05) is 19.1 Å². The maximum atomic E-state index is 5.88. The SMILES string of the molecule is CCOc1cc(-c2nc3ncccc3[nH]2)cc2cccc(C)c12. The lowest BCUT2D eigenvalue weighted by Gasteiger charge is -2.12. The molecule has 4 nitrogen and oxygen atoms in total. The summed E-state index contributed by atoms with van der Waals surface area (Å²) >= 11 is 0. The zero-order valence-corrected chi connectivity index (χ0v) is 13.1. The van der Waals surface area contributed by atoms with Crippen LogP contribution in [0.15, 0.2) is 48.7 Å². The number of aryl methyl sites for hydroxylation is 1. The standard InChI is InChI=1S/C19H17N3O/c1-3-23-16-11-14(10-13-7-4-6-12(2)17(13)16)18-21-15-8-5-9-20-19(15)22-18/h4-11H,3H2,1-2H3,(H,20,21,22). The smallest absolute Gasteiger partial charge is 0.178 e. The molecule has 4 aromatic rings. The summed E-state index contributed by atoms with van der Waals surface area (Å²) < 4.78 is 5.88. The van der Waals surface area contributed by atoms with Gasteiger partial charge in [-0.15, -0.1) is 0 Å². The molecule has 0 aliphatic heterocycles. The molecular formula is C19H17N3O. The molecule has 4 rings (SSSR count). The summed E-state index contributed by atoms with van der Waals surface area (Å²) in [6, 6.07) is 14.4. The molecular weight excluding hydrogens is 286 g/mol. The summed E-state index contributed by atoms with van der Waals surface area (Å²) in [6.45, 7) is 4.74. The monoisotopic (exact) mass is 303 g/mol. The summed E-state index contributed by atoms with van der Waals surface area (Å²) in [4.78, 5) is 12.2. The molecule has 2 heterocycles. The summed E-state index contributed by atoms with van der Waals surface area (Å²) in [6.07, 6.45) is 1.75. The van der Waals surface area contributed by atoms with Crippen molar-refractivity contribution in [3.05, 3.63) is 54.2 Å². The molecule has 0 fully saturated rings. The van der Waals surface area contributed by atoms with Crippen molar-refractivity contribution in [3.8, 4) is 17.1 Å². The van der Waals surface area contributed by atoms with Crippen LogP contribution in [0.1, 0.15) is 12.5 Å². The summed E-state index contributed by atoms with van der Waals surface area (Å²) in [5.41, 5.74) is 3.88. The number of ether oxygens (including phenoxy) is 1. The minimum absolute atomic E-state index is 0.634. The van der Waals surface area contributed by atoms with E-state index in [0.29, 0.717) is 6.61 Å². The average molecular weight is 303 g/mol. The van der Waals surface area contributed by atoms with E-state index in [0.717, 1.165) is 39.1 Å². The van der Waals surface area contributed by atoms with Crippen molar-refractivity contribution in [1.29, 1.82) is 0 Å². The van der Waals surface area contributed by atoms with Gasteiger partial charge in [0, 0.05) is 17.1 Å². The average Bonchev–Trinajstić information content (AvgIpc) is 2.99. The molecule has 0 amide bonds. The molecule has 0 aliphatic rings. The van der Waals surface area contributed by atoms with Crippen molar-refractivity contribution in [2.75, 3.05) is 6.61 Å². The van der Waals surface area contributed by atoms with E-state index in [1.54, 1.807) is 6.20 Å². The largest absolute Gasteiger partial charge is 0.493 e. The first kappa shape index (κ1) is 13.8. The third-order valence-electron chi connectivity index (χ3n) is 3.98. The fourth-order valence-corrected chi connectivity index (χ4v) is 2.96. The molecule has 2 aromatic heterocycles. The van der Waals surface area contributed by atoms with Crippen molar-refractivity contribution >= 4 is 21.9 Å². The highest BCUT2D eigenvalue weighted by atomic mass is 16.5. The van der Waals surface area contributed by atoms with Gasteiger partial charge in [-0.2, -0.15) is 0 Å². The molecule has 23 heavy (non-hydrogen) atoms. The van der Waals surface area contributed by atoms with Crippen molar-refractivity contribution < 1.29 is 4.74 Å². The molecule has 1 N–H and O–H groups in total. The normalized spacial score (nSPS) is 11.2. The molecule has 0 atom stereocenters. The number of rotatable bonds is 3. The molecule has 0 radical (unpaired) electrons. The van der Waals surface area contributed by atoms with Crippen LogP contribution in [-0.2, 0) is 0 Å². The van der Waals surface area contributed by atoms with Crippen LogP contribution in [-0.4, -0.2) is 21.6 Å². The quantitative estimate of drug-likeness (QED) is 0.607. The second kappa shape index (κ2) is 5.39. The third kappa shape index (κ3) is 2.32. The highest BCUT2D eigenvalue weighted by molar-refractivity contribution is 5.95. The Balaban J connectivity index is 1.96. The maximum absolute atomic E-state index is 5.88. The molecule has 0 bridgehead atoms. The molecule has 0 unspecified atom stereocenters. The van der Waals surface area contributed by atoms with Gasteiger partial charge < -0.3 is 9.72 Å². The first-order chi connectivity index (χ1) is 11.3. The Morgan fingerprint density at radius 2 is 2.04 bits per heavy atom. The topological polar surface area (TPSA) is 50.8 Å². The minimum Gasteiger partial charge on any atom is -0.493 e. The van der Waals surface area contributed by atoms with Gasteiger partial charge in [0.05, 0.1) is 12.1 Å². The molecule has 0 spiro atoms. The summed E-state index contributed by atoms with van der Waals surface area (Å²) in [7, 11) is 0. The number of H-pyrrole nitrogens is 1. The second-order valence-electron chi connectivity index (χ2n) is 5.54. The van der Waals surface area contributed by atoms with Crippen LogP contribution in [0.4, 0.5) is 0 Å². The lowest BCUT2D eigenvalue weighted by atomic mass is 10.0. The number of hydrogen-bond acceptors (Lipinski definition) is 3. The highest BCUT2D eigenvalue weighted by Gasteiger charge is 2.12. The molecule has 0 saturated heterocycles. The van der Waals surface area contributed by atoms with Gasteiger partial charge in [-0.25, -0.2) is 9.97 Å². The molecule has 0 saturated carbocycles. The lowest BCUT2D eigenvalue weighted by Crippen LogP contribution is -1.95. The number of nitrogens with one attached hydrogen (secondary N) is 1. The van der Waals surface area contributed by atoms with Crippen molar-refractivity contribution in [2.45, 2.75) is 13.8 Å². The van der Waals surface area contributed by atoms with E-state index in [4.69, 9.17) is 4.74 Å². The summed E-state index contributed by atoms with van der Waals surface area (Å²) in [5, 5.41) is 2.31. The predicted molar refractivity (Wildman–Crippen MR) is 92.7 cm³/mol. The second-order valence-corrected chi connectivity index (χ2v) is 5.54. The lowest BCUT2D eigenvalue weighted by molar-refractivity contribution is 0.344. The number of nitrogens with zero attached hydrogens (tertiary/aromatic N) is 2. The van der Waals surface area contributed by atoms with Crippen LogP contribution in [0.2, 0.25) is 0 Å². The zero-order chi connectivity index (χ0) is 15.8. The molecule has 4 heteroatoms. The van der Waals surface area contributed by atoms with Crippen LogP contribution >= 0.6 is 0 Å². The van der Waals surface area contributed by atoms with Gasteiger partial charge in [0.25, 0.3) is 0 Å². The number of aromatic amines is 1. The van der Waals surface area contributed by atoms with Gasteiger partial charge in [0.15, 0.2) is 5.65 Å². The highest BCUT2D eigenvalue weighted by Crippen LogP contribution is 2.34. The van der Waals surface area contributed by atoms with Crippen LogP contribution < -0.4 is 4.74 Å². The predicted octanol–water partition coefficient (Wildman–Crippen LogP) is 4.49. The van der Waals surface area contributed by atoms with Crippen molar-refractivity contribution in [2.24, 2.45) is 0 Å². The number of aromatic nitrogens is 3. The molecule has 0 aliphatic carbocycles. The number of imidazole rings is 1. The van der Waals surface area contributed by atoms with E-state index < -0.39 is 0 Å². The molecule has 114 valence electrons. The first-order valence-electron chi connectivity index (χ1n) is 7.73. The van der Waals surface area contributed by atoms with Crippen molar-refractivity contribution in [1.82, 2.24) is 15.0 Å². The number of pyridine rings is 1. The Hall–Kier alpha value is -2.88. The van der Waals surface area contributed by atoms with Gasteiger partial charge in [-0.05, 0) is 49.1 Å². The van der Waals surface area contributed by atoms with E-state index in [2.05, 4.69) is 52.2 Å². The Kier molecular flexibility index (Phi) is 3.23. The van der Waals surface area contributed by atoms with Crippen LogP contribution in [0.3, 0.4) is 0 Å². The maximum Gasteiger partial charge on any atom is 0.178 e. The van der Waals surface area contributed by atoms with Gasteiger partial charge in [0.2, 0.25) is 0 Å². The third-order valence-corrected chi connectivity index (χ3v) is 3.98. The fraction of sp³-hybridized carbons (Fsp3) is 0.158.